The molecule has 0 aromatic heterocycles. The molecule has 33 heavy (non-hydrogen) atoms. The molecule has 5 atom stereocenters. The van der Waals surface area contributed by atoms with Crippen LogP contribution < -0.4 is 0 Å². The van der Waals surface area contributed by atoms with E-state index in [1.807, 2.05) is 13.8 Å². The van der Waals surface area contributed by atoms with E-state index in [1.165, 1.54) is 42.4 Å². The Morgan fingerprint density at radius 2 is 1.85 bits per heavy atom. The van der Waals surface area contributed by atoms with E-state index < -0.39 is 17.8 Å². The third-order valence-corrected chi connectivity index (χ3v) is 8.72. The normalized spacial score (nSPS) is 34.1. The highest BCUT2D eigenvalue weighted by atomic mass is 16.5. The van der Waals surface area contributed by atoms with Gasteiger partial charge in [-0.05, 0) is 81.5 Å². The lowest BCUT2D eigenvalue weighted by atomic mass is 9.62. The maximum atomic E-state index is 10.4. The summed E-state index contributed by atoms with van der Waals surface area (Å²) in [6, 6.07) is 0. The van der Waals surface area contributed by atoms with Crippen molar-refractivity contribution in [3.05, 3.63) is 47.6 Å². The predicted molar refractivity (Wildman–Crippen MR) is 135 cm³/mol. The molecule has 4 nitrogen and oxygen atoms in total. The second-order valence-electron chi connectivity index (χ2n) is 11.0. The minimum absolute atomic E-state index is 0.237. The molecule has 0 saturated heterocycles. The number of aliphatic hydroxyl groups is 3. The van der Waals surface area contributed by atoms with Gasteiger partial charge < -0.3 is 20.1 Å². The Morgan fingerprint density at radius 3 is 2.52 bits per heavy atom. The quantitative estimate of drug-likeness (QED) is 0.309. The average Bonchev–Trinajstić information content (AvgIpc) is 3.14. The van der Waals surface area contributed by atoms with Gasteiger partial charge in [0, 0.05) is 0 Å². The van der Waals surface area contributed by atoms with Gasteiger partial charge in [0.2, 0.25) is 0 Å². The van der Waals surface area contributed by atoms with Crippen molar-refractivity contribution in [1.82, 2.24) is 0 Å². The van der Waals surface area contributed by atoms with Crippen LogP contribution in [0.25, 0.3) is 0 Å². The van der Waals surface area contributed by atoms with Crippen molar-refractivity contribution in [3.8, 4) is 0 Å². The highest BCUT2D eigenvalue weighted by Gasteiger charge is 2.49. The summed E-state index contributed by atoms with van der Waals surface area (Å²) in [5.74, 6) is 1.06. The third-order valence-electron chi connectivity index (χ3n) is 8.72. The molecule has 3 saturated carbocycles. The molecule has 0 bridgehead atoms. The van der Waals surface area contributed by atoms with Crippen LogP contribution in [0.1, 0.15) is 85.0 Å². The van der Waals surface area contributed by atoms with Crippen molar-refractivity contribution < 1.29 is 20.1 Å². The van der Waals surface area contributed by atoms with E-state index in [1.54, 1.807) is 0 Å². The minimum atomic E-state index is -0.717. The molecule has 3 rings (SSSR count). The van der Waals surface area contributed by atoms with Crippen molar-refractivity contribution in [1.29, 1.82) is 0 Å². The van der Waals surface area contributed by atoms with E-state index in [4.69, 9.17) is 4.74 Å². The first-order valence-corrected chi connectivity index (χ1v) is 13.1. The van der Waals surface area contributed by atoms with Crippen molar-refractivity contribution in [2.24, 2.45) is 17.3 Å². The van der Waals surface area contributed by atoms with Gasteiger partial charge in [0.1, 0.15) is 0 Å². The lowest BCUT2D eigenvalue weighted by Gasteiger charge is -2.42. The Labute approximate surface area is 201 Å². The second kappa shape index (κ2) is 11.5. The summed E-state index contributed by atoms with van der Waals surface area (Å²) in [5.41, 5.74) is 3.42. The molecule has 0 aliphatic heterocycles. The number of aliphatic hydroxyl groups excluding tert-OH is 2. The van der Waals surface area contributed by atoms with Gasteiger partial charge in [-0.25, -0.2) is 0 Å². The molecule has 186 valence electrons. The van der Waals surface area contributed by atoms with Crippen LogP contribution in [-0.2, 0) is 4.74 Å². The molecule has 3 N–H and O–H groups in total. The first-order valence-electron chi connectivity index (χ1n) is 13.1. The first-order chi connectivity index (χ1) is 15.7. The third kappa shape index (κ3) is 6.48. The standard InChI is InChI=1S/C29H46O4/c1-5-29(32,6-2)20-33-16-8-9-21(3)26-13-14-27-23(10-7-15-28(26,27)4)12-11-22-17-24(30)19-25(31)18-22/h8-9,11-12,24-27,30-32H,3,5-7,10,13-20H2,1-2,4H3/t24-,25-,26-,27+,28-/m1/s1. The molecule has 0 heterocycles. The molecule has 0 unspecified atom stereocenters. The van der Waals surface area contributed by atoms with Gasteiger partial charge in [-0.2, -0.15) is 0 Å². The van der Waals surface area contributed by atoms with Crippen molar-refractivity contribution >= 4 is 0 Å². The van der Waals surface area contributed by atoms with Gasteiger partial charge in [0.05, 0.1) is 31.0 Å². The van der Waals surface area contributed by atoms with Crippen molar-refractivity contribution in [2.45, 2.75) is 103 Å². The Bertz CT molecular complexity index is 748. The Morgan fingerprint density at radius 1 is 1.15 bits per heavy atom. The molecule has 4 heteroatoms. The van der Waals surface area contributed by atoms with Crippen LogP contribution in [0.3, 0.4) is 0 Å². The number of fused-ring (bicyclic) bond motifs is 1. The SMILES string of the molecule is C=C(C=CCOCC(O)(CC)CC)[C@H]1CC[C@H]2C(=CC=C3C[C@@H](O)C[C@H](O)C3)CCC[C@]12C. The number of ether oxygens (including phenoxy) is 1. The summed E-state index contributed by atoms with van der Waals surface area (Å²) >= 11 is 0. The van der Waals surface area contributed by atoms with Crippen LogP contribution in [0.2, 0.25) is 0 Å². The summed E-state index contributed by atoms with van der Waals surface area (Å²) in [7, 11) is 0. The Kier molecular flexibility index (Phi) is 9.19. The number of allylic oxidation sites excluding steroid dienone is 5. The van der Waals surface area contributed by atoms with Gasteiger partial charge in [0.25, 0.3) is 0 Å². The number of rotatable bonds is 9. The van der Waals surface area contributed by atoms with E-state index in [-0.39, 0.29) is 5.41 Å². The van der Waals surface area contributed by atoms with Crippen LogP contribution >= 0.6 is 0 Å². The van der Waals surface area contributed by atoms with Crippen LogP contribution in [0.15, 0.2) is 47.6 Å². The smallest absolute Gasteiger partial charge is 0.0875 e. The molecule has 0 amide bonds. The van der Waals surface area contributed by atoms with E-state index in [9.17, 15) is 15.3 Å². The van der Waals surface area contributed by atoms with Crippen LogP contribution in [0.5, 0.6) is 0 Å². The zero-order valence-electron chi connectivity index (χ0n) is 21.1. The predicted octanol–water partition coefficient (Wildman–Crippen LogP) is 5.64. The lowest BCUT2D eigenvalue weighted by Crippen LogP contribution is -2.33. The van der Waals surface area contributed by atoms with E-state index in [0.717, 1.165) is 6.42 Å². The van der Waals surface area contributed by atoms with Crippen LogP contribution in [0, 0.1) is 17.3 Å². The van der Waals surface area contributed by atoms with Gasteiger partial charge in [-0.1, -0.05) is 68.4 Å². The van der Waals surface area contributed by atoms with E-state index in [2.05, 4.69) is 37.8 Å². The average molecular weight is 459 g/mol. The highest BCUT2D eigenvalue weighted by Crippen LogP contribution is 2.59. The Balaban J connectivity index is 1.60. The van der Waals surface area contributed by atoms with Gasteiger partial charge >= 0.3 is 0 Å². The minimum Gasteiger partial charge on any atom is -0.393 e. The highest BCUT2D eigenvalue weighted by molar-refractivity contribution is 5.30. The van der Waals surface area contributed by atoms with E-state index in [0.29, 0.717) is 57.2 Å². The van der Waals surface area contributed by atoms with Crippen molar-refractivity contribution in [2.75, 3.05) is 13.2 Å². The fourth-order valence-electron chi connectivity index (χ4n) is 6.47. The monoisotopic (exact) mass is 458 g/mol. The molecular formula is C29H46O4. The number of hydrogen-bond acceptors (Lipinski definition) is 4. The summed E-state index contributed by atoms with van der Waals surface area (Å²) in [6.45, 7) is 11.7. The zero-order valence-corrected chi connectivity index (χ0v) is 21.1. The molecule has 0 aromatic rings. The fraction of sp³-hybridized carbons (Fsp3) is 0.724. The largest absolute Gasteiger partial charge is 0.393 e. The maximum Gasteiger partial charge on any atom is 0.0875 e. The Hall–Kier alpha value is -1.20. The molecule has 3 fully saturated rings. The van der Waals surface area contributed by atoms with Gasteiger partial charge in [-0.3, -0.25) is 0 Å². The fourth-order valence-corrected chi connectivity index (χ4v) is 6.47. The lowest BCUT2D eigenvalue weighted by molar-refractivity contribution is -0.0446. The summed E-state index contributed by atoms with van der Waals surface area (Å²) in [6.07, 6.45) is 17.1. The molecule has 3 aliphatic rings. The topological polar surface area (TPSA) is 69.9 Å². The summed E-state index contributed by atoms with van der Waals surface area (Å²) in [5, 5.41) is 30.3. The molecule has 0 spiro atoms. The maximum absolute atomic E-state index is 10.4. The van der Waals surface area contributed by atoms with E-state index >= 15 is 0 Å². The number of hydrogen-bond donors (Lipinski definition) is 3. The molecule has 0 aromatic carbocycles. The van der Waals surface area contributed by atoms with Crippen LogP contribution in [0.4, 0.5) is 0 Å². The van der Waals surface area contributed by atoms with Gasteiger partial charge in [0.15, 0.2) is 0 Å². The summed E-state index contributed by atoms with van der Waals surface area (Å²) in [4.78, 5) is 0. The summed E-state index contributed by atoms with van der Waals surface area (Å²) < 4.78 is 5.72. The molecular weight excluding hydrogens is 412 g/mol. The van der Waals surface area contributed by atoms with Crippen LogP contribution in [-0.4, -0.2) is 46.3 Å². The molecule has 0 radical (unpaired) electrons. The molecule has 3 aliphatic carbocycles. The second-order valence-corrected chi connectivity index (χ2v) is 11.0. The zero-order chi connectivity index (χ0) is 24.1. The first kappa shape index (κ1) is 26.4. The van der Waals surface area contributed by atoms with Crippen molar-refractivity contribution in [3.63, 3.8) is 0 Å². The van der Waals surface area contributed by atoms with Gasteiger partial charge in [-0.15, -0.1) is 0 Å².